The average molecular weight is 293 g/mol. The van der Waals surface area contributed by atoms with Crippen LogP contribution in [0, 0.1) is 11.8 Å². The highest BCUT2D eigenvalue weighted by Gasteiger charge is 2.27. The van der Waals surface area contributed by atoms with E-state index >= 15 is 0 Å². The molecule has 5 nitrogen and oxygen atoms in total. The summed E-state index contributed by atoms with van der Waals surface area (Å²) in [7, 11) is 0. The molecule has 2 aromatic heterocycles. The lowest BCUT2D eigenvalue weighted by molar-refractivity contribution is 0.0946. The average Bonchev–Trinajstić information content (AvgIpc) is 3.11. The number of alkyl halides is 1. The van der Waals surface area contributed by atoms with Gasteiger partial charge in [-0.05, 0) is 24.7 Å². The molecule has 2 atom stereocenters. The fourth-order valence-electron chi connectivity index (χ4n) is 2.91. The van der Waals surface area contributed by atoms with Crippen LogP contribution >= 0.6 is 11.6 Å². The molecule has 1 aliphatic rings. The quantitative estimate of drug-likeness (QED) is 0.878. The molecule has 0 saturated heterocycles. The van der Waals surface area contributed by atoms with Crippen LogP contribution < -0.4 is 5.32 Å². The minimum atomic E-state index is -0.0896. The molecule has 1 fully saturated rings. The lowest BCUT2D eigenvalue weighted by Gasteiger charge is -2.17. The number of rotatable bonds is 4. The summed E-state index contributed by atoms with van der Waals surface area (Å²) in [5.74, 6) is 1.62. The number of carbonyl (C=O) groups is 1. The summed E-state index contributed by atoms with van der Waals surface area (Å²) in [5, 5.41) is 7.15. The van der Waals surface area contributed by atoms with Crippen molar-refractivity contribution in [2.24, 2.45) is 11.8 Å². The summed E-state index contributed by atoms with van der Waals surface area (Å²) < 4.78 is 1.65. The second-order valence-electron chi connectivity index (χ2n) is 5.28. The molecule has 0 aromatic carbocycles. The largest absolute Gasteiger partial charge is 0.352 e. The topological polar surface area (TPSA) is 59.3 Å². The van der Waals surface area contributed by atoms with E-state index in [0.717, 1.165) is 11.9 Å². The summed E-state index contributed by atoms with van der Waals surface area (Å²) in [6, 6.07) is 0. The van der Waals surface area contributed by atoms with Gasteiger partial charge in [0, 0.05) is 24.8 Å². The zero-order valence-electron chi connectivity index (χ0n) is 11.1. The molecule has 0 radical (unpaired) electrons. The molecule has 0 aliphatic heterocycles. The second-order valence-corrected chi connectivity index (χ2v) is 5.59. The number of hydrogen-bond acceptors (Lipinski definition) is 3. The number of fused-ring (bicyclic) bond motifs is 1. The molecule has 1 aliphatic carbocycles. The van der Waals surface area contributed by atoms with Crippen molar-refractivity contribution in [3.63, 3.8) is 0 Å². The van der Waals surface area contributed by atoms with Crippen molar-refractivity contribution in [1.29, 1.82) is 0 Å². The van der Waals surface area contributed by atoms with Gasteiger partial charge in [0.25, 0.3) is 5.91 Å². The summed E-state index contributed by atoms with van der Waals surface area (Å²) in [6.45, 7) is 0.688. The van der Waals surface area contributed by atoms with E-state index < -0.39 is 0 Å². The minimum Gasteiger partial charge on any atom is -0.352 e. The van der Waals surface area contributed by atoms with Crippen LogP contribution in [-0.4, -0.2) is 32.9 Å². The third kappa shape index (κ3) is 2.50. The predicted molar refractivity (Wildman–Crippen MR) is 76.9 cm³/mol. The van der Waals surface area contributed by atoms with Gasteiger partial charge in [0.2, 0.25) is 0 Å². The van der Waals surface area contributed by atoms with Crippen molar-refractivity contribution in [3.05, 3.63) is 30.4 Å². The summed E-state index contributed by atoms with van der Waals surface area (Å²) in [5.41, 5.74) is 1.30. The number of nitrogens with one attached hydrogen (secondary N) is 1. The monoisotopic (exact) mass is 292 g/mol. The summed E-state index contributed by atoms with van der Waals surface area (Å²) in [4.78, 5) is 16.3. The Balaban J connectivity index is 1.67. The van der Waals surface area contributed by atoms with E-state index in [1.165, 1.54) is 12.8 Å². The molecule has 3 rings (SSSR count). The first-order chi connectivity index (χ1) is 9.79. The predicted octanol–water partition coefficient (Wildman–Crippen LogP) is 2.11. The maximum Gasteiger partial charge on any atom is 0.255 e. The Morgan fingerprint density at radius 3 is 3.10 bits per heavy atom. The second kappa shape index (κ2) is 5.79. The van der Waals surface area contributed by atoms with Gasteiger partial charge in [-0.25, -0.2) is 4.52 Å². The Labute approximate surface area is 122 Å². The Kier molecular flexibility index (Phi) is 3.87. The van der Waals surface area contributed by atoms with Crippen molar-refractivity contribution >= 4 is 23.0 Å². The molecule has 2 heterocycles. The van der Waals surface area contributed by atoms with Gasteiger partial charge in [0.15, 0.2) is 0 Å². The molecule has 0 bridgehead atoms. The van der Waals surface area contributed by atoms with Gasteiger partial charge in [0.05, 0.1) is 23.5 Å². The van der Waals surface area contributed by atoms with E-state index in [1.54, 1.807) is 29.3 Å². The van der Waals surface area contributed by atoms with Gasteiger partial charge in [-0.15, -0.1) is 11.6 Å². The molecule has 6 heteroatoms. The third-order valence-electron chi connectivity index (χ3n) is 4.11. The highest BCUT2D eigenvalue weighted by Crippen LogP contribution is 2.32. The lowest BCUT2D eigenvalue weighted by Crippen LogP contribution is -2.31. The first-order valence-electron chi connectivity index (χ1n) is 6.91. The zero-order chi connectivity index (χ0) is 13.9. The fraction of sp³-hybridized carbons (Fsp3) is 0.500. The van der Waals surface area contributed by atoms with Gasteiger partial charge in [-0.2, -0.15) is 5.10 Å². The van der Waals surface area contributed by atoms with Gasteiger partial charge in [0.1, 0.15) is 0 Å². The van der Waals surface area contributed by atoms with Crippen molar-refractivity contribution in [2.75, 3.05) is 12.4 Å². The SMILES string of the molecule is O=C(NCC1CCCC1CCl)c1cnn2ccncc12. The van der Waals surface area contributed by atoms with Crippen LogP contribution in [0.25, 0.3) is 5.52 Å². The first-order valence-corrected chi connectivity index (χ1v) is 7.44. The Hall–Kier alpha value is -1.62. The van der Waals surface area contributed by atoms with E-state index in [9.17, 15) is 4.79 Å². The van der Waals surface area contributed by atoms with E-state index in [1.807, 2.05) is 0 Å². The number of aromatic nitrogens is 3. The van der Waals surface area contributed by atoms with Crippen molar-refractivity contribution < 1.29 is 4.79 Å². The van der Waals surface area contributed by atoms with E-state index in [2.05, 4.69) is 15.4 Å². The lowest BCUT2D eigenvalue weighted by atomic mass is 9.98. The zero-order valence-corrected chi connectivity index (χ0v) is 11.9. The van der Waals surface area contributed by atoms with Gasteiger partial charge in [-0.1, -0.05) is 6.42 Å². The summed E-state index contributed by atoms with van der Waals surface area (Å²) in [6.07, 6.45) is 10.1. The first kappa shape index (κ1) is 13.4. The third-order valence-corrected chi connectivity index (χ3v) is 4.51. The van der Waals surface area contributed by atoms with E-state index in [4.69, 9.17) is 11.6 Å². The van der Waals surface area contributed by atoms with Crippen LogP contribution in [0.15, 0.2) is 24.8 Å². The van der Waals surface area contributed by atoms with E-state index in [-0.39, 0.29) is 5.91 Å². The number of hydrogen-bond donors (Lipinski definition) is 1. The molecular formula is C14H17ClN4O. The molecule has 1 N–H and O–H groups in total. The van der Waals surface area contributed by atoms with Gasteiger partial charge >= 0.3 is 0 Å². The Bertz CT molecular complexity index is 612. The van der Waals surface area contributed by atoms with Crippen LogP contribution in [0.4, 0.5) is 0 Å². The fourth-order valence-corrected chi connectivity index (χ4v) is 3.32. The minimum absolute atomic E-state index is 0.0896. The Morgan fingerprint density at radius 1 is 1.40 bits per heavy atom. The molecule has 0 spiro atoms. The van der Waals surface area contributed by atoms with Crippen molar-refractivity contribution in [1.82, 2.24) is 19.9 Å². The van der Waals surface area contributed by atoms with Crippen LogP contribution in [0.1, 0.15) is 29.6 Å². The van der Waals surface area contributed by atoms with Crippen LogP contribution in [0.2, 0.25) is 0 Å². The van der Waals surface area contributed by atoms with Crippen LogP contribution in [0.3, 0.4) is 0 Å². The summed E-state index contributed by atoms with van der Waals surface area (Å²) >= 11 is 5.96. The molecule has 1 amide bonds. The number of amides is 1. The van der Waals surface area contributed by atoms with Crippen LogP contribution in [-0.2, 0) is 0 Å². The normalized spacial score (nSPS) is 22.2. The van der Waals surface area contributed by atoms with E-state index in [0.29, 0.717) is 29.8 Å². The number of halogens is 1. The molecular weight excluding hydrogens is 276 g/mol. The van der Waals surface area contributed by atoms with Crippen molar-refractivity contribution in [2.45, 2.75) is 19.3 Å². The highest BCUT2D eigenvalue weighted by atomic mass is 35.5. The Morgan fingerprint density at radius 2 is 2.25 bits per heavy atom. The number of carbonyl (C=O) groups excluding carboxylic acids is 1. The highest BCUT2D eigenvalue weighted by molar-refractivity contribution is 6.18. The molecule has 2 aromatic rings. The standard InChI is InChI=1S/C14H17ClN4O/c15-6-10-2-1-3-11(10)7-17-14(20)12-8-18-19-5-4-16-9-13(12)19/h4-5,8-11H,1-3,6-7H2,(H,17,20). The molecule has 20 heavy (non-hydrogen) atoms. The maximum atomic E-state index is 12.2. The number of nitrogens with zero attached hydrogens (tertiary/aromatic N) is 3. The van der Waals surface area contributed by atoms with Crippen LogP contribution in [0.5, 0.6) is 0 Å². The van der Waals surface area contributed by atoms with Gasteiger partial charge in [-0.3, -0.25) is 9.78 Å². The molecule has 1 saturated carbocycles. The smallest absolute Gasteiger partial charge is 0.255 e. The van der Waals surface area contributed by atoms with Crippen molar-refractivity contribution in [3.8, 4) is 0 Å². The maximum absolute atomic E-state index is 12.2. The molecule has 106 valence electrons. The van der Waals surface area contributed by atoms with Gasteiger partial charge < -0.3 is 5.32 Å². The molecule has 2 unspecified atom stereocenters.